The van der Waals surface area contributed by atoms with Gasteiger partial charge in [-0.2, -0.15) is 0 Å². The van der Waals surface area contributed by atoms with Gasteiger partial charge in [-0.25, -0.2) is 9.97 Å². The van der Waals surface area contributed by atoms with Crippen molar-refractivity contribution in [2.75, 3.05) is 51.7 Å². The summed E-state index contributed by atoms with van der Waals surface area (Å²) >= 11 is 13.3. The predicted octanol–water partition coefficient (Wildman–Crippen LogP) is 5.83. The number of ether oxygens (including phenoxy) is 4. The summed E-state index contributed by atoms with van der Waals surface area (Å²) in [6, 6.07) is 6.82. The molecule has 0 radical (unpaired) electrons. The van der Waals surface area contributed by atoms with Gasteiger partial charge in [-0.05, 0) is 31.6 Å². The number of carbonyl (C=O) groups is 1. The number of methoxy groups -OCH3 is 4. The van der Waals surface area contributed by atoms with Crippen molar-refractivity contribution in [3.8, 4) is 39.8 Å². The Labute approximate surface area is 270 Å². The summed E-state index contributed by atoms with van der Waals surface area (Å²) in [5.74, 6) is 1.04. The number of nitrogens with one attached hydrogen (secondary N) is 1. The molecule has 11 nitrogen and oxygen atoms in total. The Hall–Kier alpha value is -4.32. The Morgan fingerprint density at radius 3 is 2.31 bits per heavy atom. The Bertz CT molecular complexity index is 1830. The number of anilines is 2. The van der Waals surface area contributed by atoms with Crippen molar-refractivity contribution in [3.63, 3.8) is 0 Å². The highest BCUT2D eigenvalue weighted by Crippen LogP contribution is 2.46. The molecule has 3 heterocycles. The summed E-state index contributed by atoms with van der Waals surface area (Å²) < 4.78 is 23.7. The van der Waals surface area contributed by atoms with E-state index in [0.29, 0.717) is 58.4 Å². The average Bonchev–Trinajstić information content (AvgIpc) is 3.54. The van der Waals surface area contributed by atoms with Gasteiger partial charge in [0.1, 0.15) is 22.9 Å². The molecular formula is C32H33Cl2N5O6. The lowest BCUT2D eigenvalue weighted by atomic mass is 10.0. The molecule has 0 spiro atoms. The highest BCUT2D eigenvalue weighted by Gasteiger charge is 2.27. The van der Waals surface area contributed by atoms with Crippen LogP contribution in [0.2, 0.25) is 10.0 Å². The van der Waals surface area contributed by atoms with E-state index in [1.54, 1.807) is 38.6 Å². The number of halogens is 2. The molecule has 45 heavy (non-hydrogen) atoms. The van der Waals surface area contributed by atoms with Crippen LogP contribution in [-0.4, -0.2) is 68.1 Å². The van der Waals surface area contributed by atoms with Gasteiger partial charge in [0.05, 0.1) is 60.0 Å². The molecule has 1 unspecified atom stereocenters. The van der Waals surface area contributed by atoms with Crippen LogP contribution in [0.4, 0.5) is 11.4 Å². The Kier molecular flexibility index (Phi) is 9.52. The average molecular weight is 655 g/mol. The van der Waals surface area contributed by atoms with E-state index >= 15 is 0 Å². The molecule has 1 aliphatic rings. The van der Waals surface area contributed by atoms with Crippen molar-refractivity contribution in [3.05, 3.63) is 63.5 Å². The van der Waals surface area contributed by atoms with Crippen LogP contribution in [0.15, 0.2) is 47.9 Å². The van der Waals surface area contributed by atoms with Gasteiger partial charge in [0, 0.05) is 56.0 Å². The van der Waals surface area contributed by atoms with E-state index in [2.05, 4.69) is 21.8 Å². The lowest BCUT2D eigenvalue weighted by Crippen LogP contribution is -2.24. The van der Waals surface area contributed by atoms with Crippen molar-refractivity contribution in [1.82, 2.24) is 14.5 Å². The van der Waals surface area contributed by atoms with E-state index in [-0.39, 0.29) is 38.7 Å². The smallest absolute Gasteiger partial charge is 0.260 e. The minimum atomic E-state index is -0.367. The third-order valence-electron chi connectivity index (χ3n) is 7.81. The van der Waals surface area contributed by atoms with Gasteiger partial charge in [-0.1, -0.05) is 29.8 Å². The molecule has 2 aromatic heterocycles. The third kappa shape index (κ3) is 5.90. The number of fused-ring (bicyclic) bond motifs is 1. The summed E-state index contributed by atoms with van der Waals surface area (Å²) in [6.45, 7) is 7.11. The van der Waals surface area contributed by atoms with E-state index in [0.717, 1.165) is 18.7 Å². The first-order valence-electron chi connectivity index (χ1n) is 14.1. The van der Waals surface area contributed by atoms with Gasteiger partial charge < -0.3 is 29.2 Å². The fraction of sp³-hybridized carbons (Fsp3) is 0.312. The number of benzene rings is 2. The summed E-state index contributed by atoms with van der Waals surface area (Å²) in [4.78, 5) is 38.0. The largest absolute Gasteiger partial charge is 0.496 e. The van der Waals surface area contributed by atoms with E-state index in [4.69, 9.17) is 47.1 Å². The van der Waals surface area contributed by atoms with Gasteiger partial charge in [0.15, 0.2) is 5.82 Å². The van der Waals surface area contributed by atoms with Gasteiger partial charge >= 0.3 is 0 Å². The number of pyridine rings is 1. The van der Waals surface area contributed by atoms with Crippen molar-refractivity contribution in [2.45, 2.75) is 26.0 Å². The fourth-order valence-electron chi connectivity index (χ4n) is 5.48. The SMILES string of the molecule is C=CC(=O)Nc1cc(-c2ncc3cc(-c4c(Cl)c(OC)cc(OC)c4Cl)c(=O)n(CC)c3n2)c(OC)cc1N1CCC(OC)C1. The molecule has 1 amide bonds. The van der Waals surface area contributed by atoms with E-state index in [1.807, 2.05) is 13.0 Å². The maximum Gasteiger partial charge on any atom is 0.260 e. The molecule has 2 aromatic carbocycles. The standard InChI is InChI=1S/C32H33Cl2N5O6/c1-7-26(40)36-21-12-19(23(43-4)13-22(21)38-10-9-18(16-38)42-3)30-35-15-17-11-20(32(41)39(8-2)31(17)37-30)27-28(33)24(44-5)14-25(45-6)29(27)34/h7,11-15,18H,1,8-10,16H2,2-6H3,(H,36,40). The van der Waals surface area contributed by atoms with Crippen LogP contribution in [0.1, 0.15) is 13.3 Å². The maximum atomic E-state index is 13.9. The zero-order chi connectivity index (χ0) is 32.4. The minimum Gasteiger partial charge on any atom is -0.496 e. The molecule has 13 heteroatoms. The van der Waals surface area contributed by atoms with Gasteiger partial charge in [0.2, 0.25) is 5.91 Å². The number of carbonyl (C=O) groups excluding carboxylic acids is 1. The molecule has 1 fully saturated rings. The molecule has 1 atom stereocenters. The fourth-order valence-corrected chi connectivity index (χ4v) is 6.19. The highest BCUT2D eigenvalue weighted by atomic mass is 35.5. The summed E-state index contributed by atoms with van der Waals surface area (Å²) in [7, 11) is 6.17. The summed E-state index contributed by atoms with van der Waals surface area (Å²) in [5, 5.41) is 3.83. The van der Waals surface area contributed by atoms with Crippen LogP contribution in [-0.2, 0) is 16.1 Å². The van der Waals surface area contributed by atoms with E-state index < -0.39 is 0 Å². The number of rotatable bonds is 10. The Morgan fingerprint density at radius 1 is 1.04 bits per heavy atom. The molecule has 1 aliphatic heterocycles. The maximum absolute atomic E-state index is 13.9. The molecule has 0 saturated carbocycles. The molecule has 1 N–H and O–H groups in total. The molecule has 0 bridgehead atoms. The first-order valence-corrected chi connectivity index (χ1v) is 14.9. The van der Waals surface area contributed by atoms with Gasteiger partial charge in [0.25, 0.3) is 5.56 Å². The van der Waals surface area contributed by atoms with Crippen LogP contribution in [0.3, 0.4) is 0 Å². The second-order valence-electron chi connectivity index (χ2n) is 10.2. The lowest BCUT2D eigenvalue weighted by Gasteiger charge is -2.24. The topological polar surface area (TPSA) is 117 Å². The van der Waals surface area contributed by atoms with E-state index in [9.17, 15) is 9.59 Å². The Balaban J connectivity index is 1.69. The van der Waals surface area contributed by atoms with Crippen LogP contribution in [0, 0.1) is 0 Å². The lowest BCUT2D eigenvalue weighted by molar-refractivity contribution is -0.111. The number of aromatic nitrogens is 3. The van der Waals surface area contributed by atoms with Crippen LogP contribution < -0.4 is 30.0 Å². The molecule has 4 aromatic rings. The first kappa shape index (κ1) is 32.1. The van der Waals surface area contributed by atoms with E-state index in [1.165, 1.54) is 24.9 Å². The monoisotopic (exact) mass is 653 g/mol. The zero-order valence-electron chi connectivity index (χ0n) is 25.6. The normalized spacial score (nSPS) is 14.5. The van der Waals surface area contributed by atoms with Crippen LogP contribution in [0.25, 0.3) is 33.5 Å². The van der Waals surface area contributed by atoms with Crippen molar-refractivity contribution >= 4 is 51.5 Å². The van der Waals surface area contributed by atoms with Crippen LogP contribution in [0.5, 0.6) is 17.2 Å². The second kappa shape index (κ2) is 13.4. The number of nitrogens with zero attached hydrogens (tertiary/aromatic N) is 4. The molecule has 0 aliphatic carbocycles. The molecule has 1 saturated heterocycles. The molecular weight excluding hydrogens is 621 g/mol. The quantitative estimate of drug-likeness (QED) is 0.211. The molecule has 236 valence electrons. The second-order valence-corrected chi connectivity index (χ2v) is 11.0. The van der Waals surface area contributed by atoms with Crippen molar-refractivity contribution in [2.24, 2.45) is 0 Å². The third-order valence-corrected chi connectivity index (χ3v) is 8.56. The summed E-state index contributed by atoms with van der Waals surface area (Å²) in [5.41, 5.74) is 2.38. The first-order chi connectivity index (χ1) is 21.7. The van der Waals surface area contributed by atoms with Gasteiger partial charge in [-0.3, -0.25) is 14.2 Å². The zero-order valence-corrected chi connectivity index (χ0v) is 27.1. The minimum absolute atomic E-state index is 0.0703. The predicted molar refractivity (Wildman–Crippen MR) is 176 cm³/mol. The summed E-state index contributed by atoms with van der Waals surface area (Å²) in [6.07, 6.45) is 3.74. The number of hydrogen-bond acceptors (Lipinski definition) is 9. The number of aryl methyl sites for hydroxylation is 1. The van der Waals surface area contributed by atoms with Gasteiger partial charge in [-0.15, -0.1) is 0 Å². The number of amides is 1. The number of hydrogen-bond donors (Lipinski definition) is 1. The van der Waals surface area contributed by atoms with Crippen LogP contribution >= 0.6 is 23.2 Å². The van der Waals surface area contributed by atoms with Crippen molar-refractivity contribution < 1.29 is 23.7 Å². The Morgan fingerprint density at radius 2 is 1.73 bits per heavy atom. The van der Waals surface area contributed by atoms with Crippen molar-refractivity contribution in [1.29, 1.82) is 0 Å². The highest BCUT2D eigenvalue weighted by molar-refractivity contribution is 6.41. The molecule has 5 rings (SSSR count).